The molecule has 1 saturated heterocycles. The van der Waals surface area contributed by atoms with E-state index in [0.717, 1.165) is 47.1 Å². The van der Waals surface area contributed by atoms with E-state index in [1.165, 1.54) is 5.56 Å². The molecule has 2 aliphatic heterocycles. The number of imidazole rings is 1. The summed E-state index contributed by atoms with van der Waals surface area (Å²) >= 11 is 0. The lowest BCUT2D eigenvalue weighted by atomic mass is 10.1. The van der Waals surface area contributed by atoms with E-state index >= 15 is 0 Å². The van der Waals surface area contributed by atoms with Gasteiger partial charge in [-0.2, -0.15) is 32.3 Å². The molecule has 1 fully saturated rings. The molecule has 6 rings (SSSR count). The topological polar surface area (TPSA) is 73.2 Å². The van der Waals surface area contributed by atoms with Crippen LogP contribution in [0.3, 0.4) is 0 Å². The molecule has 186 valence electrons. The quantitative estimate of drug-likeness (QED) is 0.395. The van der Waals surface area contributed by atoms with Gasteiger partial charge in [-0.3, -0.25) is 4.57 Å². The van der Waals surface area contributed by atoms with Crippen molar-refractivity contribution < 1.29 is 5.11 Å². The number of β-amino-alcohol motifs (C(OH)–C–C–N with tert-alkyl or cyclic N) is 1. The summed E-state index contributed by atoms with van der Waals surface area (Å²) < 4.78 is 4.41. The normalized spacial score (nSPS) is 17.8. The van der Waals surface area contributed by atoms with Crippen LogP contribution < -0.4 is 4.90 Å². The second-order valence-corrected chi connectivity index (χ2v) is 9.37. The van der Waals surface area contributed by atoms with Crippen LogP contribution in [0.2, 0.25) is 0 Å². The smallest absolute Gasteiger partial charge is 0.161 e. The van der Waals surface area contributed by atoms with Crippen molar-refractivity contribution in [3.05, 3.63) is 78.2 Å². The molecule has 0 unspecified atom stereocenters. The Morgan fingerprint density at radius 2 is 1.81 bits per heavy atom. The first-order valence-corrected chi connectivity index (χ1v) is 11.5. The Kier molecular flexibility index (Phi) is 7.25. The lowest BCUT2D eigenvalue weighted by molar-refractivity contribution is 0.114. The molecule has 0 amide bonds. The number of fused-ring (bicyclic) bond motifs is 5. The van der Waals surface area contributed by atoms with Gasteiger partial charge >= 0.3 is 0 Å². The highest BCUT2D eigenvalue weighted by atomic mass is 32.1. The molecule has 9 heteroatoms. The summed E-state index contributed by atoms with van der Waals surface area (Å²) in [5.74, 6) is 0.913. The highest BCUT2D eigenvalue weighted by molar-refractivity contribution is 7.59. The minimum Gasteiger partial charge on any atom is -0.390 e. The van der Waals surface area contributed by atoms with Crippen molar-refractivity contribution in [2.24, 2.45) is 0 Å². The molecule has 1 N–H and O–H groups in total. The average molecular weight is 519 g/mol. The minimum atomic E-state index is -0.361. The molecule has 2 aromatic heterocycles. The van der Waals surface area contributed by atoms with E-state index in [2.05, 4.69) is 60.4 Å². The van der Waals surface area contributed by atoms with E-state index < -0.39 is 0 Å². The monoisotopic (exact) mass is 518 g/mol. The van der Waals surface area contributed by atoms with Crippen molar-refractivity contribution in [3.8, 4) is 34.4 Å². The van der Waals surface area contributed by atoms with E-state index in [-0.39, 0.29) is 39.1 Å². The minimum absolute atomic E-state index is 0. The Balaban J connectivity index is 0.00000152. The maximum Gasteiger partial charge on any atom is 0.161 e. The zero-order valence-electron chi connectivity index (χ0n) is 20.3. The van der Waals surface area contributed by atoms with Gasteiger partial charge in [0.25, 0.3) is 0 Å². The van der Waals surface area contributed by atoms with Gasteiger partial charge in [0.15, 0.2) is 5.82 Å². The summed E-state index contributed by atoms with van der Waals surface area (Å²) in [4.78, 5) is 9.05. The Labute approximate surface area is 225 Å². The molecule has 0 radical (unpaired) electrons. The number of nitriles is 1. The number of nitrogens with zero attached hydrogens (tertiary/aromatic N) is 6. The summed E-state index contributed by atoms with van der Waals surface area (Å²) in [6.45, 7) is 2.17. The average Bonchev–Trinajstić information content (AvgIpc) is 3.56. The fourth-order valence-electron chi connectivity index (χ4n) is 5.21. The van der Waals surface area contributed by atoms with Crippen LogP contribution in [0.5, 0.6) is 0 Å². The third-order valence-corrected chi connectivity index (χ3v) is 7.06. The summed E-state index contributed by atoms with van der Waals surface area (Å²) in [5.41, 5.74) is 7.37. The summed E-state index contributed by atoms with van der Waals surface area (Å²) in [6.07, 6.45) is 5.66. The summed E-state index contributed by atoms with van der Waals surface area (Å²) in [6, 6.07) is 18.7. The predicted molar refractivity (Wildman–Crippen MR) is 153 cm³/mol. The first-order valence-electron chi connectivity index (χ1n) is 11.5. The van der Waals surface area contributed by atoms with Crippen LogP contribution in [-0.2, 0) is 6.54 Å². The largest absolute Gasteiger partial charge is 0.390 e. The van der Waals surface area contributed by atoms with Gasteiger partial charge in [-0.15, -0.1) is 0 Å². The standard InChI is InChI=1S/C27H26N6O.2H2S/c1-30(2)25-16-31(17-26(25)34)22-7-8-23-21(11-22)15-32-14-20(19-5-3-18(13-28)4-6-19)12-24(32)27-29-9-10-33(23)27;;/h3-12,14,25-26,34H,15-17H2,1-2H3;2*1H2/t25-,26-;;/m0../s1. The number of anilines is 1. The number of likely N-dealkylation sites (N-methyl/N-ethyl adjacent to an activating group) is 1. The van der Waals surface area contributed by atoms with Crippen molar-refractivity contribution in [1.82, 2.24) is 19.0 Å². The molecule has 2 aliphatic rings. The Hall–Kier alpha value is -3.16. The van der Waals surface area contributed by atoms with E-state index in [1.807, 2.05) is 50.8 Å². The second-order valence-electron chi connectivity index (χ2n) is 9.37. The molecular formula is C27H30N6OS2. The number of aliphatic hydroxyl groups is 1. The van der Waals surface area contributed by atoms with Crippen LogP contribution in [0, 0.1) is 11.3 Å². The van der Waals surface area contributed by atoms with Gasteiger partial charge < -0.3 is 19.5 Å². The molecule has 7 nitrogen and oxygen atoms in total. The Morgan fingerprint density at radius 1 is 1.03 bits per heavy atom. The highest BCUT2D eigenvalue weighted by Crippen LogP contribution is 2.36. The molecule has 2 atom stereocenters. The van der Waals surface area contributed by atoms with Gasteiger partial charge in [-0.25, -0.2) is 4.98 Å². The zero-order chi connectivity index (χ0) is 23.4. The number of aromatic nitrogens is 3. The van der Waals surface area contributed by atoms with E-state index in [9.17, 15) is 5.11 Å². The number of hydrogen-bond acceptors (Lipinski definition) is 5. The van der Waals surface area contributed by atoms with Crippen LogP contribution in [0.4, 0.5) is 5.69 Å². The van der Waals surface area contributed by atoms with Crippen LogP contribution in [0.1, 0.15) is 11.1 Å². The van der Waals surface area contributed by atoms with E-state index in [0.29, 0.717) is 12.1 Å². The van der Waals surface area contributed by atoms with Gasteiger partial charge in [-0.05, 0) is 61.6 Å². The van der Waals surface area contributed by atoms with Crippen molar-refractivity contribution in [2.45, 2.75) is 18.7 Å². The molecule has 2 aromatic carbocycles. The lowest BCUT2D eigenvalue weighted by Crippen LogP contribution is -2.38. The summed E-state index contributed by atoms with van der Waals surface area (Å²) in [5, 5.41) is 19.6. The molecule has 0 spiro atoms. The van der Waals surface area contributed by atoms with Crippen LogP contribution in [0.25, 0.3) is 28.3 Å². The van der Waals surface area contributed by atoms with Crippen molar-refractivity contribution in [2.75, 3.05) is 32.1 Å². The Morgan fingerprint density at radius 3 is 2.50 bits per heavy atom. The SMILES string of the molecule is CN(C)[C@H]1CN(c2ccc3c(c2)Cn2cc(-c4ccc(C#N)cc4)cc2-c2nccn2-3)C[C@@H]1O.S.S. The van der Waals surface area contributed by atoms with E-state index in [4.69, 9.17) is 5.26 Å². The maximum atomic E-state index is 10.5. The molecule has 4 aromatic rings. The fraction of sp³-hybridized carbons (Fsp3) is 0.259. The summed E-state index contributed by atoms with van der Waals surface area (Å²) in [7, 11) is 4.04. The van der Waals surface area contributed by atoms with E-state index in [1.54, 1.807) is 0 Å². The Bertz CT molecular complexity index is 1420. The first-order chi connectivity index (χ1) is 16.5. The van der Waals surface area contributed by atoms with Crippen LogP contribution >= 0.6 is 27.0 Å². The number of hydrogen-bond donors (Lipinski definition) is 1. The van der Waals surface area contributed by atoms with Gasteiger partial charge in [0.05, 0.1) is 35.2 Å². The first kappa shape index (κ1) is 25.9. The molecule has 4 heterocycles. The van der Waals surface area contributed by atoms with Gasteiger partial charge in [0.2, 0.25) is 0 Å². The second kappa shape index (κ2) is 10.1. The number of rotatable bonds is 3. The van der Waals surface area contributed by atoms with Crippen molar-refractivity contribution in [3.63, 3.8) is 0 Å². The van der Waals surface area contributed by atoms with Crippen molar-refractivity contribution in [1.29, 1.82) is 5.26 Å². The number of benzene rings is 2. The third-order valence-electron chi connectivity index (χ3n) is 7.06. The van der Waals surface area contributed by atoms with Crippen LogP contribution in [0.15, 0.2) is 67.1 Å². The van der Waals surface area contributed by atoms with Gasteiger partial charge in [0, 0.05) is 49.5 Å². The maximum absolute atomic E-state index is 10.5. The number of aliphatic hydroxyl groups excluding tert-OH is 1. The molecule has 0 aliphatic carbocycles. The molecule has 36 heavy (non-hydrogen) atoms. The third kappa shape index (κ3) is 4.31. The predicted octanol–water partition coefficient (Wildman–Crippen LogP) is 3.58. The molecule has 0 saturated carbocycles. The lowest BCUT2D eigenvalue weighted by Gasteiger charge is -2.23. The van der Waals surface area contributed by atoms with Crippen molar-refractivity contribution >= 4 is 32.7 Å². The molecular weight excluding hydrogens is 488 g/mol. The highest BCUT2D eigenvalue weighted by Gasteiger charge is 2.33. The van der Waals surface area contributed by atoms with Gasteiger partial charge in [0.1, 0.15) is 0 Å². The zero-order valence-corrected chi connectivity index (χ0v) is 22.3. The van der Waals surface area contributed by atoms with Crippen LogP contribution in [-0.4, -0.2) is 63.5 Å². The molecule has 0 bridgehead atoms. The fourth-order valence-corrected chi connectivity index (χ4v) is 5.21. The van der Waals surface area contributed by atoms with Gasteiger partial charge in [-0.1, -0.05) is 12.1 Å².